The summed E-state index contributed by atoms with van der Waals surface area (Å²) >= 11 is 0. The van der Waals surface area contributed by atoms with E-state index < -0.39 is 0 Å². The summed E-state index contributed by atoms with van der Waals surface area (Å²) in [5, 5.41) is 4.51. The maximum absolute atomic E-state index is 6.01. The summed E-state index contributed by atoms with van der Waals surface area (Å²) in [5.74, 6) is 0. The average Bonchev–Trinajstić information content (AvgIpc) is 2.55. The van der Waals surface area contributed by atoms with E-state index in [0.29, 0.717) is 0 Å². The SMILES string of the molecule is CCc1nn(CCCOC)c(CC)c1N. The van der Waals surface area contributed by atoms with Crippen LogP contribution in [0.25, 0.3) is 0 Å². The maximum atomic E-state index is 6.01. The van der Waals surface area contributed by atoms with Gasteiger partial charge in [-0.2, -0.15) is 5.10 Å². The average molecular weight is 211 g/mol. The third kappa shape index (κ3) is 2.72. The molecule has 0 unspecified atom stereocenters. The van der Waals surface area contributed by atoms with Crippen LogP contribution in [0, 0.1) is 0 Å². The highest BCUT2D eigenvalue weighted by Crippen LogP contribution is 2.18. The fourth-order valence-corrected chi connectivity index (χ4v) is 1.74. The first kappa shape index (κ1) is 12.0. The van der Waals surface area contributed by atoms with Crippen LogP contribution >= 0.6 is 0 Å². The van der Waals surface area contributed by atoms with Crippen molar-refractivity contribution in [1.29, 1.82) is 0 Å². The highest BCUT2D eigenvalue weighted by Gasteiger charge is 2.11. The zero-order chi connectivity index (χ0) is 11.3. The highest BCUT2D eigenvalue weighted by atomic mass is 16.5. The molecule has 1 aromatic heterocycles. The van der Waals surface area contributed by atoms with Gasteiger partial charge in [0.25, 0.3) is 0 Å². The van der Waals surface area contributed by atoms with Crippen LogP contribution in [0.3, 0.4) is 0 Å². The molecule has 0 bridgehead atoms. The van der Waals surface area contributed by atoms with E-state index >= 15 is 0 Å². The molecule has 1 aromatic rings. The third-order valence-electron chi connectivity index (χ3n) is 2.56. The Morgan fingerprint density at radius 2 is 2.07 bits per heavy atom. The molecule has 0 aliphatic rings. The summed E-state index contributed by atoms with van der Waals surface area (Å²) in [7, 11) is 1.72. The Morgan fingerprint density at radius 1 is 1.33 bits per heavy atom. The summed E-state index contributed by atoms with van der Waals surface area (Å²) in [5.41, 5.74) is 9.06. The molecule has 86 valence electrons. The van der Waals surface area contributed by atoms with Crippen molar-refractivity contribution in [2.75, 3.05) is 19.5 Å². The van der Waals surface area contributed by atoms with Crippen LogP contribution in [0.4, 0.5) is 5.69 Å². The first-order chi connectivity index (χ1) is 7.24. The Bertz CT molecular complexity index is 307. The molecule has 4 heteroatoms. The van der Waals surface area contributed by atoms with Crippen molar-refractivity contribution >= 4 is 5.69 Å². The van der Waals surface area contributed by atoms with Crippen LogP contribution in [0.5, 0.6) is 0 Å². The fourth-order valence-electron chi connectivity index (χ4n) is 1.74. The molecule has 15 heavy (non-hydrogen) atoms. The van der Waals surface area contributed by atoms with Crippen molar-refractivity contribution < 1.29 is 4.74 Å². The van der Waals surface area contributed by atoms with Crippen LogP contribution in [0.1, 0.15) is 31.7 Å². The number of nitrogens with two attached hydrogens (primary N) is 1. The normalized spacial score (nSPS) is 10.9. The standard InChI is InChI=1S/C11H21N3O/c1-4-9-11(12)10(5-2)14(13-9)7-6-8-15-3/h4-8,12H2,1-3H3. The zero-order valence-corrected chi connectivity index (χ0v) is 9.92. The van der Waals surface area contributed by atoms with Gasteiger partial charge in [-0.15, -0.1) is 0 Å². The number of ether oxygens (including phenoxy) is 1. The van der Waals surface area contributed by atoms with Gasteiger partial charge in [-0.25, -0.2) is 0 Å². The smallest absolute Gasteiger partial charge is 0.0854 e. The van der Waals surface area contributed by atoms with E-state index in [-0.39, 0.29) is 0 Å². The summed E-state index contributed by atoms with van der Waals surface area (Å²) in [6.45, 7) is 5.85. The topological polar surface area (TPSA) is 53.1 Å². The number of hydrogen-bond acceptors (Lipinski definition) is 3. The number of nitrogens with zero attached hydrogens (tertiary/aromatic N) is 2. The van der Waals surface area contributed by atoms with E-state index in [1.165, 1.54) is 0 Å². The van der Waals surface area contributed by atoms with E-state index in [2.05, 4.69) is 18.9 Å². The van der Waals surface area contributed by atoms with E-state index in [9.17, 15) is 0 Å². The minimum atomic E-state index is 0.768. The molecule has 0 spiro atoms. The van der Waals surface area contributed by atoms with Crippen molar-refractivity contribution in [3.8, 4) is 0 Å². The molecule has 0 aromatic carbocycles. The van der Waals surface area contributed by atoms with Crippen LogP contribution in [0.2, 0.25) is 0 Å². The number of aryl methyl sites for hydroxylation is 2. The second-order valence-corrected chi connectivity index (χ2v) is 3.58. The predicted molar refractivity (Wildman–Crippen MR) is 61.9 cm³/mol. The van der Waals surface area contributed by atoms with Gasteiger partial charge < -0.3 is 10.5 Å². The van der Waals surface area contributed by atoms with Crippen molar-refractivity contribution in [2.24, 2.45) is 0 Å². The van der Waals surface area contributed by atoms with Crippen molar-refractivity contribution in [3.05, 3.63) is 11.4 Å². The monoisotopic (exact) mass is 211 g/mol. The molecule has 0 aliphatic carbocycles. The van der Waals surface area contributed by atoms with Crippen LogP contribution < -0.4 is 5.73 Å². The summed E-state index contributed by atoms with van der Waals surface area (Å²) in [4.78, 5) is 0. The molecule has 2 N–H and O–H groups in total. The van der Waals surface area contributed by atoms with Gasteiger partial charge in [0.05, 0.1) is 17.1 Å². The summed E-state index contributed by atoms with van der Waals surface area (Å²) < 4.78 is 7.05. The number of methoxy groups -OCH3 is 1. The molecule has 0 saturated carbocycles. The lowest BCUT2D eigenvalue weighted by atomic mass is 10.2. The Morgan fingerprint density at radius 3 is 2.60 bits per heavy atom. The number of aromatic nitrogens is 2. The zero-order valence-electron chi connectivity index (χ0n) is 9.92. The molecule has 0 radical (unpaired) electrons. The molecule has 0 saturated heterocycles. The van der Waals surface area contributed by atoms with E-state index in [1.807, 2.05) is 4.68 Å². The van der Waals surface area contributed by atoms with E-state index in [4.69, 9.17) is 10.5 Å². The minimum Gasteiger partial charge on any atom is -0.396 e. The third-order valence-corrected chi connectivity index (χ3v) is 2.56. The van der Waals surface area contributed by atoms with Gasteiger partial charge in [0.2, 0.25) is 0 Å². The molecule has 1 heterocycles. The quantitative estimate of drug-likeness (QED) is 0.728. The van der Waals surface area contributed by atoms with Gasteiger partial charge in [-0.3, -0.25) is 4.68 Å². The predicted octanol–water partition coefficient (Wildman–Crippen LogP) is 1.63. The Labute approximate surface area is 91.4 Å². The van der Waals surface area contributed by atoms with E-state index in [0.717, 1.165) is 49.5 Å². The molecular formula is C11H21N3O. The molecule has 0 fully saturated rings. The number of anilines is 1. The Hall–Kier alpha value is -1.03. The Balaban J connectivity index is 2.77. The fraction of sp³-hybridized carbons (Fsp3) is 0.727. The second kappa shape index (κ2) is 5.75. The maximum Gasteiger partial charge on any atom is 0.0854 e. The number of rotatable bonds is 6. The molecule has 0 amide bonds. The molecule has 0 atom stereocenters. The van der Waals surface area contributed by atoms with Gasteiger partial charge in [0, 0.05) is 20.3 Å². The second-order valence-electron chi connectivity index (χ2n) is 3.58. The largest absolute Gasteiger partial charge is 0.396 e. The van der Waals surface area contributed by atoms with Crippen molar-refractivity contribution in [2.45, 2.75) is 39.7 Å². The van der Waals surface area contributed by atoms with Crippen molar-refractivity contribution in [3.63, 3.8) is 0 Å². The van der Waals surface area contributed by atoms with Crippen LogP contribution in [-0.2, 0) is 24.1 Å². The summed E-state index contributed by atoms with van der Waals surface area (Å²) in [6.07, 6.45) is 2.82. The lowest BCUT2D eigenvalue weighted by molar-refractivity contribution is 0.188. The molecule has 4 nitrogen and oxygen atoms in total. The number of hydrogen-bond donors (Lipinski definition) is 1. The van der Waals surface area contributed by atoms with Gasteiger partial charge >= 0.3 is 0 Å². The highest BCUT2D eigenvalue weighted by molar-refractivity contribution is 5.48. The van der Waals surface area contributed by atoms with Crippen molar-refractivity contribution in [1.82, 2.24) is 9.78 Å². The van der Waals surface area contributed by atoms with Gasteiger partial charge in [0.1, 0.15) is 0 Å². The Kier molecular flexibility index (Phi) is 4.62. The lowest BCUT2D eigenvalue weighted by Gasteiger charge is -2.05. The van der Waals surface area contributed by atoms with Crippen LogP contribution in [0.15, 0.2) is 0 Å². The first-order valence-corrected chi connectivity index (χ1v) is 5.57. The van der Waals surface area contributed by atoms with Crippen LogP contribution in [-0.4, -0.2) is 23.5 Å². The summed E-state index contributed by atoms with van der Waals surface area (Å²) in [6, 6.07) is 0. The molecule has 1 rings (SSSR count). The number of nitrogen functional groups attached to an aromatic ring is 1. The minimum absolute atomic E-state index is 0.768. The lowest BCUT2D eigenvalue weighted by Crippen LogP contribution is -2.07. The first-order valence-electron chi connectivity index (χ1n) is 5.57. The molecule has 0 aliphatic heterocycles. The van der Waals surface area contributed by atoms with Gasteiger partial charge in [-0.05, 0) is 19.3 Å². The van der Waals surface area contributed by atoms with E-state index in [1.54, 1.807) is 7.11 Å². The van der Waals surface area contributed by atoms with Gasteiger partial charge in [-0.1, -0.05) is 13.8 Å². The van der Waals surface area contributed by atoms with Gasteiger partial charge in [0.15, 0.2) is 0 Å². The molecular weight excluding hydrogens is 190 g/mol.